The van der Waals surface area contributed by atoms with Crippen LogP contribution >= 0.6 is 0 Å². The van der Waals surface area contributed by atoms with Crippen molar-refractivity contribution in [3.63, 3.8) is 0 Å². The molecular weight excluding hydrogens is 338 g/mol. The number of nitrogens with one attached hydrogen (secondary N) is 1. The Morgan fingerprint density at radius 2 is 2.07 bits per heavy atom. The first-order valence-corrected chi connectivity index (χ1v) is 9.63. The Kier molecular flexibility index (Phi) is 4.84. The average Bonchev–Trinajstić information content (AvgIpc) is 3.38. The van der Waals surface area contributed by atoms with Crippen LogP contribution in [0.4, 0.5) is 0 Å². The predicted molar refractivity (Wildman–Crippen MR) is 104 cm³/mol. The van der Waals surface area contributed by atoms with Gasteiger partial charge in [-0.05, 0) is 63.8 Å². The third kappa shape index (κ3) is 3.68. The fourth-order valence-corrected chi connectivity index (χ4v) is 3.70. The van der Waals surface area contributed by atoms with Crippen molar-refractivity contribution in [3.05, 3.63) is 70.9 Å². The van der Waals surface area contributed by atoms with E-state index in [-0.39, 0.29) is 11.9 Å². The molecule has 0 bridgehead atoms. The number of carbonyl (C=O) groups is 1. The second-order valence-electron chi connectivity index (χ2n) is 7.37. The standard InChI is InChI=1S/C22H25N3O2/c1-15-8-11-17(12-9-15)25-20-7-3-6-19(20)21(24-25)22(26)23-16(2)10-13-18-5-4-14-27-18/h4-5,8-9,11-12,14,16H,3,6-7,10,13H2,1-2H3,(H,23,26). The molecule has 5 heteroatoms. The van der Waals surface area contributed by atoms with Gasteiger partial charge in [0.1, 0.15) is 5.76 Å². The molecule has 1 aromatic carbocycles. The number of carbonyl (C=O) groups excluding carboxylic acids is 1. The third-order valence-corrected chi connectivity index (χ3v) is 5.21. The third-order valence-electron chi connectivity index (χ3n) is 5.21. The van der Waals surface area contributed by atoms with E-state index in [9.17, 15) is 4.79 Å². The maximum atomic E-state index is 12.9. The van der Waals surface area contributed by atoms with E-state index in [4.69, 9.17) is 4.42 Å². The van der Waals surface area contributed by atoms with Crippen LogP contribution in [0.25, 0.3) is 5.69 Å². The zero-order valence-electron chi connectivity index (χ0n) is 15.9. The Balaban J connectivity index is 1.50. The van der Waals surface area contributed by atoms with E-state index < -0.39 is 0 Å². The average molecular weight is 363 g/mol. The molecule has 2 heterocycles. The number of nitrogens with zero attached hydrogens (tertiary/aromatic N) is 2. The van der Waals surface area contributed by atoms with Gasteiger partial charge in [-0.1, -0.05) is 17.7 Å². The topological polar surface area (TPSA) is 60.1 Å². The molecular formula is C22H25N3O2. The lowest BCUT2D eigenvalue weighted by molar-refractivity contribution is 0.0931. The first-order chi connectivity index (χ1) is 13.1. The van der Waals surface area contributed by atoms with E-state index in [2.05, 4.69) is 41.6 Å². The molecule has 0 aliphatic heterocycles. The van der Waals surface area contributed by atoms with Gasteiger partial charge in [-0.2, -0.15) is 5.10 Å². The Labute approximate surface area is 159 Å². The summed E-state index contributed by atoms with van der Waals surface area (Å²) in [7, 11) is 0. The van der Waals surface area contributed by atoms with Crippen LogP contribution < -0.4 is 5.32 Å². The van der Waals surface area contributed by atoms with Gasteiger partial charge >= 0.3 is 0 Å². The molecule has 0 radical (unpaired) electrons. The van der Waals surface area contributed by atoms with Crippen molar-refractivity contribution in [3.8, 4) is 5.69 Å². The minimum Gasteiger partial charge on any atom is -0.469 e. The smallest absolute Gasteiger partial charge is 0.272 e. The van der Waals surface area contributed by atoms with Crippen LogP contribution in [-0.4, -0.2) is 21.7 Å². The molecule has 0 spiro atoms. The number of aryl methyl sites for hydroxylation is 2. The molecule has 0 saturated carbocycles. The highest BCUT2D eigenvalue weighted by atomic mass is 16.3. The molecule has 0 fully saturated rings. The lowest BCUT2D eigenvalue weighted by Gasteiger charge is -2.12. The SMILES string of the molecule is Cc1ccc(-n2nc(C(=O)NC(C)CCc3ccco3)c3c2CCC3)cc1. The zero-order valence-corrected chi connectivity index (χ0v) is 15.9. The predicted octanol–water partition coefficient (Wildman–Crippen LogP) is 4.01. The summed E-state index contributed by atoms with van der Waals surface area (Å²) < 4.78 is 7.31. The summed E-state index contributed by atoms with van der Waals surface area (Å²) in [5.41, 5.74) is 5.08. The first kappa shape index (κ1) is 17.6. The molecule has 27 heavy (non-hydrogen) atoms. The summed E-state index contributed by atoms with van der Waals surface area (Å²) in [4.78, 5) is 12.9. The van der Waals surface area contributed by atoms with Crippen LogP contribution in [0.1, 0.15) is 52.8 Å². The van der Waals surface area contributed by atoms with E-state index in [0.717, 1.165) is 49.1 Å². The summed E-state index contributed by atoms with van der Waals surface area (Å²) in [6.07, 6.45) is 6.29. The van der Waals surface area contributed by atoms with Gasteiger partial charge in [0.2, 0.25) is 0 Å². The van der Waals surface area contributed by atoms with Gasteiger partial charge in [0, 0.05) is 23.7 Å². The minimum atomic E-state index is -0.0778. The molecule has 140 valence electrons. The Morgan fingerprint density at radius 1 is 1.26 bits per heavy atom. The summed E-state index contributed by atoms with van der Waals surface area (Å²) in [5.74, 6) is 0.867. The summed E-state index contributed by atoms with van der Waals surface area (Å²) in [6.45, 7) is 4.10. The number of hydrogen-bond donors (Lipinski definition) is 1. The number of rotatable bonds is 6. The van der Waals surface area contributed by atoms with Crippen molar-refractivity contribution in [2.24, 2.45) is 0 Å². The number of fused-ring (bicyclic) bond motifs is 1. The monoisotopic (exact) mass is 363 g/mol. The quantitative estimate of drug-likeness (QED) is 0.720. The van der Waals surface area contributed by atoms with E-state index in [0.29, 0.717) is 5.69 Å². The Morgan fingerprint density at radius 3 is 2.81 bits per heavy atom. The van der Waals surface area contributed by atoms with Gasteiger partial charge in [-0.15, -0.1) is 0 Å². The van der Waals surface area contributed by atoms with Gasteiger partial charge in [0.05, 0.1) is 12.0 Å². The number of aromatic nitrogens is 2. The van der Waals surface area contributed by atoms with Crippen LogP contribution in [0, 0.1) is 6.92 Å². The first-order valence-electron chi connectivity index (χ1n) is 9.63. The van der Waals surface area contributed by atoms with Gasteiger partial charge in [-0.25, -0.2) is 4.68 Å². The number of furan rings is 1. The molecule has 1 N–H and O–H groups in total. The molecule has 1 atom stereocenters. The van der Waals surface area contributed by atoms with Crippen molar-refractivity contribution in [1.82, 2.24) is 15.1 Å². The normalized spacial score (nSPS) is 14.1. The summed E-state index contributed by atoms with van der Waals surface area (Å²) in [6, 6.07) is 12.2. The number of amides is 1. The van der Waals surface area contributed by atoms with Crippen LogP contribution in [-0.2, 0) is 19.3 Å². The lowest BCUT2D eigenvalue weighted by Crippen LogP contribution is -2.33. The van der Waals surface area contributed by atoms with Crippen molar-refractivity contribution >= 4 is 5.91 Å². The largest absolute Gasteiger partial charge is 0.469 e. The Hall–Kier alpha value is -2.82. The second kappa shape index (κ2) is 7.43. The minimum absolute atomic E-state index is 0.0594. The van der Waals surface area contributed by atoms with Crippen LogP contribution in [0.2, 0.25) is 0 Å². The molecule has 4 rings (SSSR count). The molecule has 2 aromatic heterocycles. The summed E-state index contributed by atoms with van der Waals surface area (Å²) in [5, 5.41) is 7.79. The molecule has 0 saturated heterocycles. The van der Waals surface area contributed by atoms with E-state index in [1.54, 1.807) is 6.26 Å². The number of benzene rings is 1. The van der Waals surface area contributed by atoms with Gasteiger partial charge in [0.25, 0.3) is 5.91 Å². The van der Waals surface area contributed by atoms with Crippen LogP contribution in [0.15, 0.2) is 47.1 Å². The van der Waals surface area contributed by atoms with Crippen LogP contribution in [0.3, 0.4) is 0 Å². The van der Waals surface area contributed by atoms with Crippen molar-refractivity contribution < 1.29 is 9.21 Å². The highest BCUT2D eigenvalue weighted by Gasteiger charge is 2.27. The molecule has 3 aromatic rings. The fraction of sp³-hybridized carbons (Fsp3) is 0.364. The number of hydrogen-bond acceptors (Lipinski definition) is 3. The van der Waals surface area contributed by atoms with Crippen molar-refractivity contribution in [2.75, 3.05) is 0 Å². The maximum Gasteiger partial charge on any atom is 0.272 e. The lowest BCUT2D eigenvalue weighted by atomic mass is 10.1. The molecule has 1 amide bonds. The van der Waals surface area contributed by atoms with Crippen LogP contribution in [0.5, 0.6) is 0 Å². The molecule has 1 aliphatic rings. The maximum absolute atomic E-state index is 12.9. The van der Waals surface area contributed by atoms with Gasteiger partial charge in [-0.3, -0.25) is 4.79 Å². The Bertz CT molecular complexity index is 923. The van der Waals surface area contributed by atoms with E-state index in [1.165, 1.54) is 11.3 Å². The van der Waals surface area contributed by atoms with Crippen molar-refractivity contribution in [2.45, 2.75) is 52.0 Å². The van der Waals surface area contributed by atoms with E-state index >= 15 is 0 Å². The van der Waals surface area contributed by atoms with E-state index in [1.807, 2.05) is 23.7 Å². The highest BCUT2D eigenvalue weighted by Crippen LogP contribution is 2.28. The molecule has 1 aliphatic carbocycles. The zero-order chi connectivity index (χ0) is 18.8. The van der Waals surface area contributed by atoms with Crippen molar-refractivity contribution in [1.29, 1.82) is 0 Å². The van der Waals surface area contributed by atoms with Gasteiger partial charge < -0.3 is 9.73 Å². The second-order valence-corrected chi connectivity index (χ2v) is 7.37. The fourth-order valence-electron chi connectivity index (χ4n) is 3.70. The summed E-state index contributed by atoms with van der Waals surface area (Å²) >= 11 is 0. The highest BCUT2D eigenvalue weighted by molar-refractivity contribution is 5.94. The van der Waals surface area contributed by atoms with Gasteiger partial charge in [0.15, 0.2) is 5.69 Å². The molecule has 5 nitrogen and oxygen atoms in total. The molecule has 1 unspecified atom stereocenters.